The summed E-state index contributed by atoms with van der Waals surface area (Å²) in [6.45, 7) is 3.67. The molecule has 1 saturated heterocycles. The van der Waals surface area contributed by atoms with E-state index in [1.807, 2.05) is 11.8 Å². The molecule has 2 atom stereocenters. The van der Waals surface area contributed by atoms with Crippen LogP contribution in [0.15, 0.2) is 30.3 Å². The minimum Gasteiger partial charge on any atom is -0.311 e. The van der Waals surface area contributed by atoms with Gasteiger partial charge in [-0.3, -0.25) is 4.90 Å². The van der Waals surface area contributed by atoms with Gasteiger partial charge in [-0.25, -0.2) is 0 Å². The summed E-state index contributed by atoms with van der Waals surface area (Å²) in [5.74, 6) is 2.24. The monoisotopic (exact) mass is 290 g/mol. The number of rotatable bonds is 6. The van der Waals surface area contributed by atoms with E-state index in [1.54, 1.807) is 0 Å². The summed E-state index contributed by atoms with van der Waals surface area (Å²) in [6, 6.07) is 12.3. The lowest BCUT2D eigenvalue weighted by atomic mass is 10.00. The van der Waals surface area contributed by atoms with Crippen molar-refractivity contribution in [3.63, 3.8) is 0 Å². The van der Waals surface area contributed by atoms with E-state index >= 15 is 0 Å². The maximum absolute atomic E-state index is 3.80. The standard InChI is InChI=1S/C17H26N2S/c1-20-10-9-19-13-16(11-14-5-3-2-4-6-14)18-12-17(19)15-7-8-15/h2-6,15-18H,7-13H2,1H3. The molecule has 1 heterocycles. The zero-order chi connectivity index (χ0) is 13.8. The van der Waals surface area contributed by atoms with Gasteiger partial charge in [0.1, 0.15) is 0 Å². The van der Waals surface area contributed by atoms with Crippen LogP contribution in [0.2, 0.25) is 0 Å². The number of nitrogens with zero attached hydrogens (tertiary/aromatic N) is 1. The van der Waals surface area contributed by atoms with E-state index in [9.17, 15) is 0 Å². The van der Waals surface area contributed by atoms with E-state index in [0.29, 0.717) is 6.04 Å². The number of hydrogen-bond donors (Lipinski definition) is 1. The van der Waals surface area contributed by atoms with E-state index in [0.717, 1.165) is 18.4 Å². The minimum atomic E-state index is 0.620. The molecule has 2 unspecified atom stereocenters. The van der Waals surface area contributed by atoms with Gasteiger partial charge in [-0.1, -0.05) is 30.3 Å². The van der Waals surface area contributed by atoms with Gasteiger partial charge in [0.25, 0.3) is 0 Å². The maximum atomic E-state index is 3.80. The van der Waals surface area contributed by atoms with Gasteiger partial charge in [-0.05, 0) is 37.0 Å². The lowest BCUT2D eigenvalue weighted by molar-refractivity contribution is 0.122. The highest BCUT2D eigenvalue weighted by Crippen LogP contribution is 2.36. The fourth-order valence-electron chi connectivity index (χ4n) is 3.35. The molecule has 1 aromatic rings. The molecule has 0 radical (unpaired) electrons. The highest BCUT2D eigenvalue weighted by atomic mass is 32.2. The third-order valence-corrected chi connectivity index (χ3v) is 5.20. The van der Waals surface area contributed by atoms with E-state index in [1.165, 1.54) is 43.8 Å². The average molecular weight is 290 g/mol. The van der Waals surface area contributed by atoms with Gasteiger partial charge >= 0.3 is 0 Å². The van der Waals surface area contributed by atoms with Crippen molar-refractivity contribution in [2.45, 2.75) is 31.3 Å². The Morgan fingerprint density at radius 3 is 2.75 bits per heavy atom. The fraction of sp³-hybridized carbons (Fsp3) is 0.647. The van der Waals surface area contributed by atoms with E-state index in [-0.39, 0.29) is 0 Å². The Hall–Kier alpha value is -0.510. The van der Waals surface area contributed by atoms with Crippen molar-refractivity contribution in [2.75, 3.05) is 31.6 Å². The molecule has 1 aliphatic carbocycles. The Labute approximate surface area is 127 Å². The van der Waals surface area contributed by atoms with Gasteiger partial charge in [0, 0.05) is 37.5 Å². The van der Waals surface area contributed by atoms with Crippen LogP contribution in [0, 0.1) is 5.92 Å². The molecule has 0 bridgehead atoms. The number of nitrogens with one attached hydrogen (secondary N) is 1. The zero-order valence-electron chi connectivity index (χ0n) is 12.4. The topological polar surface area (TPSA) is 15.3 Å². The summed E-state index contributed by atoms with van der Waals surface area (Å²) >= 11 is 1.97. The van der Waals surface area contributed by atoms with Crippen LogP contribution in [0.3, 0.4) is 0 Å². The molecule has 2 fully saturated rings. The third kappa shape index (κ3) is 3.78. The highest BCUT2D eigenvalue weighted by Gasteiger charge is 2.38. The Balaban J connectivity index is 1.58. The molecule has 1 aliphatic heterocycles. The second-order valence-corrected chi connectivity index (χ2v) is 7.17. The number of hydrogen-bond acceptors (Lipinski definition) is 3. The van der Waals surface area contributed by atoms with Crippen LogP contribution >= 0.6 is 11.8 Å². The first-order valence-electron chi connectivity index (χ1n) is 7.87. The van der Waals surface area contributed by atoms with Crippen LogP contribution in [0.4, 0.5) is 0 Å². The molecular weight excluding hydrogens is 264 g/mol. The van der Waals surface area contributed by atoms with Crippen molar-refractivity contribution < 1.29 is 0 Å². The van der Waals surface area contributed by atoms with Crippen LogP contribution in [-0.4, -0.2) is 48.6 Å². The van der Waals surface area contributed by atoms with Gasteiger partial charge in [0.05, 0.1) is 0 Å². The first kappa shape index (κ1) is 14.4. The predicted molar refractivity (Wildman–Crippen MR) is 88.4 cm³/mol. The molecule has 0 amide bonds. The largest absolute Gasteiger partial charge is 0.311 e. The predicted octanol–water partition coefficient (Wildman–Crippen LogP) is 2.64. The Morgan fingerprint density at radius 1 is 1.25 bits per heavy atom. The molecule has 2 aliphatic rings. The van der Waals surface area contributed by atoms with E-state index in [2.05, 4.69) is 46.8 Å². The summed E-state index contributed by atoms with van der Waals surface area (Å²) in [7, 11) is 0. The van der Waals surface area contributed by atoms with Gasteiger partial charge in [-0.15, -0.1) is 0 Å². The molecule has 20 heavy (non-hydrogen) atoms. The Bertz CT molecular complexity index is 405. The Morgan fingerprint density at radius 2 is 2.05 bits per heavy atom. The summed E-state index contributed by atoms with van der Waals surface area (Å²) in [5, 5.41) is 3.80. The van der Waals surface area contributed by atoms with Gasteiger partial charge in [0.15, 0.2) is 0 Å². The number of piperazine rings is 1. The third-order valence-electron chi connectivity index (χ3n) is 4.61. The van der Waals surface area contributed by atoms with Crippen LogP contribution in [0.1, 0.15) is 18.4 Å². The smallest absolute Gasteiger partial charge is 0.0249 e. The molecule has 2 nitrogen and oxygen atoms in total. The highest BCUT2D eigenvalue weighted by molar-refractivity contribution is 7.98. The molecule has 1 N–H and O–H groups in total. The molecule has 110 valence electrons. The van der Waals surface area contributed by atoms with Crippen molar-refractivity contribution in [2.24, 2.45) is 5.92 Å². The number of benzene rings is 1. The molecule has 1 aromatic carbocycles. The molecule has 3 rings (SSSR count). The molecule has 1 saturated carbocycles. The SMILES string of the molecule is CSCCN1CC(Cc2ccccc2)NCC1C1CC1. The van der Waals surface area contributed by atoms with Crippen LogP contribution in [0.5, 0.6) is 0 Å². The maximum Gasteiger partial charge on any atom is 0.0249 e. The fourth-order valence-corrected chi connectivity index (χ4v) is 3.76. The quantitative estimate of drug-likeness (QED) is 0.867. The molecular formula is C17H26N2S. The van der Waals surface area contributed by atoms with Gasteiger partial charge in [-0.2, -0.15) is 11.8 Å². The summed E-state index contributed by atoms with van der Waals surface area (Å²) in [6.07, 6.45) is 6.28. The summed E-state index contributed by atoms with van der Waals surface area (Å²) in [4.78, 5) is 2.76. The van der Waals surface area contributed by atoms with Crippen molar-refractivity contribution in [1.29, 1.82) is 0 Å². The van der Waals surface area contributed by atoms with Crippen molar-refractivity contribution >= 4 is 11.8 Å². The van der Waals surface area contributed by atoms with Crippen LogP contribution in [0.25, 0.3) is 0 Å². The lowest BCUT2D eigenvalue weighted by Gasteiger charge is -2.41. The zero-order valence-corrected chi connectivity index (χ0v) is 13.2. The van der Waals surface area contributed by atoms with Crippen molar-refractivity contribution in [1.82, 2.24) is 10.2 Å². The number of thioether (sulfide) groups is 1. The molecule has 0 aromatic heterocycles. The van der Waals surface area contributed by atoms with Crippen molar-refractivity contribution in [3.05, 3.63) is 35.9 Å². The normalized spacial score (nSPS) is 27.6. The summed E-state index contributed by atoms with van der Waals surface area (Å²) in [5.41, 5.74) is 1.46. The molecule has 0 spiro atoms. The Kier molecular flexibility index (Phi) is 5.03. The van der Waals surface area contributed by atoms with Gasteiger partial charge < -0.3 is 5.32 Å². The first-order valence-corrected chi connectivity index (χ1v) is 9.26. The average Bonchev–Trinajstić information content (AvgIpc) is 3.31. The van der Waals surface area contributed by atoms with Crippen molar-refractivity contribution in [3.8, 4) is 0 Å². The van der Waals surface area contributed by atoms with E-state index in [4.69, 9.17) is 0 Å². The summed E-state index contributed by atoms with van der Waals surface area (Å²) < 4.78 is 0. The van der Waals surface area contributed by atoms with Crippen LogP contribution < -0.4 is 5.32 Å². The second-order valence-electron chi connectivity index (χ2n) is 6.19. The lowest BCUT2D eigenvalue weighted by Crippen LogP contribution is -2.58. The molecule has 3 heteroatoms. The second kappa shape index (κ2) is 6.97. The van der Waals surface area contributed by atoms with Crippen LogP contribution in [-0.2, 0) is 6.42 Å². The minimum absolute atomic E-state index is 0.620. The van der Waals surface area contributed by atoms with E-state index < -0.39 is 0 Å². The first-order chi connectivity index (χ1) is 9.86. The van der Waals surface area contributed by atoms with Gasteiger partial charge in [0.2, 0.25) is 0 Å².